The molecule has 0 saturated carbocycles. The number of halogens is 1. The number of amides is 1. The van der Waals surface area contributed by atoms with Crippen LogP contribution in [0.2, 0.25) is 0 Å². The van der Waals surface area contributed by atoms with Crippen molar-refractivity contribution in [3.63, 3.8) is 0 Å². The number of carbonyl (C=O) groups excluding carboxylic acids is 1. The van der Waals surface area contributed by atoms with Crippen LogP contribution in [0, 0.1) is 5.82 Å². The van der Waals surface area contributed by atoms with Gasteiger partial charge in [0.05, 0.1) is 0 Å². The van der Waals surface area contributed by atoms with Crippen molar-refractivity contribution < 1.29 is 14.3 Å². The highest BCUT2D eigenvalue weighted by molar-refractivity contribution is 5.96. The quantitative estimate of drug-likeness (QED) is 0.942. The Balaban J connectivity index is 1.94. The van der Waals surface area contributed by atoms with E-state index < -0.39 is 17.1 Å². The second kappa shape index (κ2) is 5.72. The third-order valence-corrected chi connectivity index (χ3v) is 3.89. The summed E-state index contributed by atoms with van der Waals surface area (Å²) in [4.78, 5) is 26.1. The zero-order valence-electron chi connectivity index (χ0n) is 12.3. The molecule has 0 saturated heterocycles. The maximum absolute atomic E-state index is 12.9. The molecule has 6 heteroatoms. The van der Waals surface area contributed by atoms with Gasteiger partial charge in [0.1, 0.15) is 5.82 Å². The minimum Gasteiger partial charge on any atom is -0.503 e. The first-order chi connectivity index (χ1) is 11.0. The fraction of sp³-hybridized carbons (Fsp3) is 0.176. The summed E-state index contributed by atoms with van der Waals surface area (Å²) in [6, 6.07) is 5.86. The molecule has 1 amide bonds. The Labute approximate surface area is 131 Å². The molecule has 1 aromatic heterocycles. The number of aromatic nitrogens is 1. The standard InChI is InChI=1S/C17H15FN2O3/c1-2-12-10-19-7-8-20(9-11-3-5-13(18)6-4-11)17(23)14(19)16(22)15(12)21/h2-6,10,22H,1,7-9H2. The number of hydrogen-bond acceptors (Lipinski definition) is 3. The molecule has 5 nitrogen and oxygen atoms in total. The summed E-state index contributed by atoms with van der Waals surface area (Å²) in [5.41, 5.74) is 0.404. The molecular weight excluding hydrogens is 299 g/mol. The van der Waals surface area contributed by atoms with Crippen LogP contribution in [0.4, 0.5) is 4.39 Å². The Morgan fingerprint density at radius 1 is 1.22 bits per heavy atom. The molecule has 0 fully saturated rings. The molecule has 0 bridgehead atoms. The number of carbonyl (C=O) groups is 1. The summed E-state index contributed by atoms with van der Waals surface area (Å²) < 4.78 is 14.5. The zero-order valence-corrected chi connectivity index (χ0v) is 12.3. The van der Waals surface area contributed by atoms with Gasteiger partial charge in [0.25, 0.3) is 5.91 Å². The van der Waals surface area contributed by atoms with Crippen molar-refractivity contribution in [2.24, 2.45) is 0 Å². The fourth-order valence-corrected chi connectivity index (χ4v) is 2.66. The van der Waals surface area contributed by atoms with Gasteiger partial charge in [-0.25, -0.2) is 4.39 Å². The SMILES string of the molecule is C=Cc1cn2c(c(O)c1=O)C(=O)N(Cc1ccc(F)cc1)CC2. The van der Waals surface area contributed by atoms with Gasteiger partial charge in [0, 0.05) is 31.4 Å². The van der Waals surface area contributed by atoms with E-state index in [9.17, 15) is 19.1 Å². The molecule has 1 aliphatic heterocycles. The Morgan fingerprint density at radius 2 is 1.91 bits per heavy atom. The van der Waals surface area contributed by atoms with Crippen molar-refractivity contribution in [2.75, 3.05) is 6.54 Å². The number of aromatic hydroxyl groups is 1. The third-order valence-electron chi connectivity index (χ3n) is 3.89. The number of nitrogens with zero attached hydrogens (tertiary/aromatic N) is 2. The van der Waals surface area contributed by atoms with Gasteiger partial charge in [-0.15, -0.1) is 0 Å². The maximum Gasteiger partial charge on any atom is 0.274 e. The minimum absolute atomic E-state index is 0.0195. The predicted molar refractivity (Wildman–Crippen MR) is 83.6 cm³/mol. The van der Waals surface area contributed by atoms with E-state index in [-0.39, 0.29) is 23.6 Å². The van der Waals surface area contributed by atoms with Crippen molar-refractivity contribution in [3.05, 3.63) is 69.9 Å². The molecule has 1 aromatic carbocycles. The van der Waals surface area contributed by atoms with Gasteiger partial charge in [-0.2, -0.15) is 0 Å². The van der Waals surface area contributed by atoms with Crippen LogP contribution in [0.5, 0.6) is 5.75 Å². The highest BCUT2D eigenvalue weighted by Crippen LogP contribution is 2.22. The number of pyridine rings is 1. The van der Waals surface area contributed by atoms with E-state index >= 15 is 0 Å². The molecule has 0 aliphatic carbocycles. The van der Waals surface area contributed by atoms with Crippen LogP contribution in [-0.4, -0.2) is 27.0 Å². The molecule has 1 aliphatic rings. The number of benzene rings is 1. The number of rotatable bonds is 3. The molecule has 0 spiro atoms. The molecule has 2 aromatic rings. The average molecular weight is 314 g/mol. The summed E-state index contributed by atoms with van der Waals surface area (Å²) in [7, 11) is 0. The summed E-state index contributed by atoms with van der Waals surface area (Å²) in [5, 5.41) is 10.1. The summed E-state index contributed by atoms with van der Waals surface area (Å²) in [6.45, 7) is 4.70. The largest absolute Gasteiger partial charge is 0.503 e. The second-order valence-corrected chi connectivity index (χ2v) is 5.36. The molecular formula is C17H15FN2O3. The van der Waals surface area contributed by atoms with E-state index in [2.05, 4.69) is 6.58 Å². The number of hydrogen-bond donors (Lipinski definition) is 1. The topological polar surface area (TPSA) is 62.5 Å². The molecule has 0 unspecified atom stereocenters. The van der Waals surface area contributed by atoms with Crippen LogP contribution in [-0.2, 0) is 13.1 Å². The van der Waals surface area contributed by atoms with Crippen molar-refractivity contribution in [1.29, 1.82) is 0 Å². The smallest absolute Gasteiger partial charge is 0.274 e. The first-order valence-corrected chi connectivity index (χ1v) is 7.14. The lowest BCUT2D eigenvalue weighted by Gasteiger charge is -2.30. The van der Waals surface area contributed by atoms with Crippen molar-refractivity contribution in [2.45, 2.75) is 13.1 Å². The second-order valence-electron chi connectivity index (χ2n) is 5.36. The highest BCUT2D eigenvalue weighted by Gasteiger charge is 2.29. The minimum atomic E-state index is -0.608. The molecule has 0 radical (unpaired) electrons. The highest BCUT2D eigenvalue weighted by atomic mass is 19.1. The average Bonchev–Trinajstić information content (AvgIpc) is 2.55. The predicted octanol–water partition coefficient (Wildman–Crippen LogP) is 1.99. The van der Waals surface area contributed by atoms with E-state index in [1.807, 2.05) is 0 Å². The van der Waals surface area contributed by atoms with E-state index in [0.29, 0.717) is 13.1 Å². The zero-order chi connectivity index (χ0) is 16.6. The Hall–Kier alpha value is -2.89. The summed E-state index contributed by atoms with van der Waals surface area (Å²) >= 11 is 0. The lowest BCUT2D eigenvalue weighted by molar-refractivity contribution is 0.0683. The van der Waals surface area contributed by atoms with Crippen LogP contribution < -0.4 is 5.43 Å². The van der Waals surface area contributed by atoms with Gasteiger partial charge in [0.2, 0.25) is 5.43 Å². The van der Waals surface area contributed by atoms with E-state index in [1.165, 1.54) is 29.3 Å². The van der Waals surface area contributed by atoms with Crippen LogP contribution in [0.15, 0.2) is 41.8 Å². The molecule has 23 heavy (non-hydrogen) atoms. The maximum atomic E-state index is 12.9. The van der Waals surface area contributed by atoms with Gasteiger partial charge in [-0.05, 0) is 17.7 Å². The van der Waals surface area contributed by atoms with Crippen LogP contribution in [0.25, 0.3) is 6.08 Å². The monoisotopic (exact) mass is 314 g/mol. The van der Waals surface area contributed by atoms with E-state index in [1.54, 1.807) is 16.7 Å². The van der Waals surface area contributed by atoms with E-state index in [0.717, 1.165) is 5.56 Å². The van der Waals surface area contributed by atoms with Crippen LogP contribution >= 0.6 is 0 Å². The third kappa shape index (κ3) is 2.63. The van der Waals surface area contributed by atoms with Gasteiger partial charge in [0.15, 0.2) is 11.4 Å². The van der Waals surface area contributed by atoms with Gasteiger partial charge < -0.3 is 14.6 Å². The Kier molecular flexibility index (Phi) is 3.73. The molecule has 118 valence electrons. The van der Waals surface area contributed by atoms with Gasteiger partial charge in [-0.3, -0.25) is 9.59 Å². The van der Waals surface area contributed by atoms with Crippen LogP contribution in [0.3, 0.4) is 0 Å². The Morgan fingerprint density at radius 3 is 2.57 bits per heavy atom. The van der Waals surface area contributed by atoms with Crippen molar-refractivity contribution in [1.82, 2.24) is 9.47 Å². The lowest BCUT2D eigenvalue weighted by Crippen LogP contribution is -2.41. The lowest BCUT2D eigenvalue weighted by atomic mass is 10.1. The Bertz CT molecular complexity index is 840. The first-order valence-electron chi connectivity index (χ1n) is 7.14. The van der Waals surface area contributed by atoms with Gasteiger partial charge >= 0.3 is 0 Å². The number of fused-ring (bicyclic) bond motifs is 1. The normalized spacial score (nSPS) is 13.8. The van der Waals surface area contributed by atoms with E-state index in [4.69, 9.17) is 0 Å². The molecule has 3 rings (SSSR count). The first kappa shape index (κ1) is 15.0. The van der Waals surface area contributed by atoms with Crippen molar-refractivity contribution >= 4 is 12.0 Å². The van der Waals surface area contributed by atoms with Crippen molar-refractivity contribution in [3.8, 4) is 5.75 Å². The summed E-state index contributed by atoms with van der Waals surface area (Å²) in [5.74, 6) is -1.33. The van der Waals surface area contributed by atoms with Crippen LogP contribution in [0.1, 0.15) is 21.6 Å². The van der Waals surface area contributed by atoms with Gasteiger partial charge in [-0.1, -0.05) is 24.8 Å². The molecule has 2 heterocycles. The summed E-state index contributed by atoms with van der Waals surface area (Å²) in [6.07, 6.45) is 2.88. The molecule has 0 atom stereocenters. The fourth-order valence-electron chi connectivity index (χ4n) is 2.66. The molecule has 1 N–H and O–H groups in total.